The highest BCUT2D eigenvalue weighted by Crippen LogP contribution is 2.14. The van der Waals surface area contributed by atoms with Gasteiger partial charge in [-0.2, -0.15) is 5.10 Å². The van der Waals surface area contributed by atoms with Crippen molar-refractivity contribution in [2.24, 2.45) is 0 Å². The van der Waals surface area contributed by atoms with Gasteiger partial charge in [-0.1, -0.05) is 18.2 Å². The summed E-state index contributed by atoms with van der Waals surface area (Å²) in [5, 5.41) is 3.87. The fourth-order valence-electron chi connectivity index (χ4n) is 1.34. The summed E-state index contributed by atoms with van der Waals surface area (Å²) in [5.74, 6) is -0.309. The number of hydrogen-bond donors (Lipinski definition) is 0. The Hall–Kier alpha value is -1.97. The Morgan fingerprint density at radius 2 is 2.27 bits per heavy atom. The average molecular weight is 203 g/mol. The molecule has 0 fully saturated rings. The van der Waals surface area contributed by atoms with Gasteiger partial charge in [0.15, 0.2) is 0 Å². The number of aromatic nitrogens is 3. The Balaban J connectivity index is 2.43. The molecule has 4 heteroatoms. The van der Waals surface area contributed by atoms with Crippen LogP contribution in [0, 0.1) is 5.82 Å². The van der Waals surface area contributed by atoms with Crippen molar-refractivity contribution in [1.82, 2.24) is 14.8 Å². The van der Waals surface area contributed by atoms with E-state index < -0.39 is 0 Å². The summed E-state index contributed by atoms with van der Waals surface area (Å²) in [7, 11) is 0. The molecule has 0 radical (unpaired) electrons. The first-order valence-corrected chi connectivity index (χ1v) is 4.58. The van der Waals surface area contributed by atoms with Gasteiger partial charge in [0.1, 0.15) is 24.2 Å². The number of benzene rings is 1. The Bertz CT molecular complexity index is 475. The molecule has 1 heterocycles. The molecule has 0 amide bonds. The summed E-state index contributed by atoms with van der Waals surface area (Å²) < 4.78 is 15.0. The van der Waals surface area contributed by atoms with Crippen LogP contribution in [-0.4, -0.2) is 14.8 Å². The second kappa shape index (κ2) is 4.04. The molecule has 0 spiro atoms. The van der Waals surface area contributed by atoms with Crippen molar-refractivity contribution in [2.75, 3.05) is 0 Å². The number of rotatable bonds is 2. The van der Waals surface area contributed by atoms with Gasteiger partial charge in [0.25, 0.3) is 0 Å². The lowest BCUT2D eigenvalue weighted by Gasteiger charge is -2.02. The lowest BCUT2D eigenvalue weighted by atomic mass is 10.2. The van der Waals surface area contributed by atoms with E-state index in [0.29, 0.717) is 5.69 Å². The lowest BCUT2D eigenvalue weighted by Crippen LogP contribution is -1.98. The Morgan fingerprint density at radius 3 is 2.87 bits per heavy atom. The van der Waals surface area contributed by atoms with Gasteiger partial charge in [-0.05, 0) is 24.6 Å². The minimum atomic E-state index is -0.309. The van der Waals surface area contributed by atoms with Crippen LogP contribution in [-0.2, 0) is 0 Å². The summed E-state index contributed by atoms with van der Waals surface area (Å²) in [4.78, 5) is 3.77. The van der Waals surface area contributed by atoms with Crippen LogP contribution in [0.15, 0.2) is 36.9 Å². The summed E-state index contributed by atoms with van der Waals surface area (Å²) in [6.45, 7) is 1.89. The van der Waals surface area contributed by atoms with Gasteiger partial charge in [0, 0.05) is 0 Å². The van der Waals surface area contributed by atoms with Crippen molar-refractivity contribution < 1.29 is 4.39 Å². The molecule has 76 valence electrons. The van der Waals surface area contributed by atoms with Crippen LogP contribution in [0.25, 0.3) is 11.8 Å². The van der Waals surface area contributed by atoms with Crippen LogP contribution in [0.3, 0.4) is 0 Å². The van der Waals surface area contributed by atoms with E-state index in [4.69, 9.17) is 0 Å². The molecule has 0 unspecified atom stereocenters. The third-order valence-corrected chi connectivity index (χ3v) is 2.00. The average Bonchev–Trinajstić information content (AvgIpc) is 2.71. The van der Waals surface area contributed by atoms with Crippen LogP contribution < -0.4 is 0 Å². The highest BCUT2D eigenvalue weighted by atomic mass is 19.1. The SMILES string of the molecule is C/C=C/c1ccc(-n2cncn2)c(F)c1. The number of allylic oxidation sites excluding steroid dienone is 1. The predicted octanol–water partition coefficient (Wildman–Crippen LogP) is 2.44. The molecule has 1 aromatic heterocycles. The highest BCUT2D eigenvalue weighted by Gasteiger charge is 2.04. The monoisotopic (exact) mass is 203 g/mol. The van der Waals surface area contributed by atoms with Gasteiger partial charge >= 0.3 is 0 Å². The van der Waals surface area contributed by atoms with E-state index in [1.807, 2.05) is 25.1 Å². The van der Waals surface area contributed by atoms with Crippen molar-refractivity contribution in [3.05, 3.63) is 48.3 Å². The second-order valence-corrected chi connectivity index (χ2v) is 3.05. The van der Waals surface area contributed by atoms with E-state index in [9.17, 15) is 4.39 Å². The largest absolute Gasteiger partial charge is 0.223 e. The first-order chi connectivity index (χ1) is 7.31. The van der Waals surface area contributed by atoms with Gasteiger partial charge in [-0.3, -0.25) is 0 Å². The molecule has 0 atom stereocenters. The maximum atomic E-state index is 13.6. The summed E-state index contributed by atoms with van der Waals surface area (Å²) >= 11 is 0. The molecule has 0 aliphatic rings. The summed E-state index contributed by atoms with van der Waals surface area (Å²) in [6, 6.07) is 4.98. The quantitative estimate of drug-likeness (QED) is 0.750. The molecular weight excluding hydrogens is 193 g/mol. The number of nitrogens with zero attached hydrogens (tertiary/aromatic N) is 3. The Morgan fingerprint density at radius 1 is 1.40 bits per heavy atom. The molecule has 0 saturated heterocycles. The highest BCUT2D eigenvalue weighted by molar-refractivity contribution is 5.51. The van der Waals surface area contributed by atoms with Crippen LogP contribution in [0.5, 0.6) is 0 Å². The summed E-state index contributed by atoms with van der Waals surface area (Å²) in [5.41, 5.74) is 1.24. The lowest BCUT2D eigenvalue weighted by molar-refractivity contribution is 0.610. The smallest absolute Gasteiger partial charge is 0.149 e. The predicted molar refractivity (Wildman–Crippen MR) is 56.0 cm³/mol. The van der Waals surface area contributed by atoms with Gasteiger partial charge < -0.3 is 0 Å². The zero-order valence-electron chi connectivity index (χ0n) is 8.26. The van der Waals surface area contributed by atoms with Crippen molar-refractivity contribution >= 4 is 6.08 Å². The number of halogens is 1. The number of hydrogen-bond acceptors (Lipinski definition) is 2. The fourth-order valence-corrected chi connectivity index (χ4v) is 1.34. The second-order valence-electron chi connectivity index (χ2n) is 3.05. The zero-order valence-corrected chi connectivity index (χ0v) is 8.26. The van der Waals surface area contributed by atoms with Crippen LogP contribution in [0.4, 0.5) is 4.39 Å². The van der Waals surface area contributed by atoms with E-state index in [1.165, 1.54) is 23.4 Å². The van der Waals surface area contributed by atoms with E-state index in [0.717, 1.165) is 5.56 Å². The van der Waals surface area contributed by atoms with Crippen LogP contribution in [0.2, 0.25) is 0 Å². The van der Waals surface area contributed by atoms with Crippen molar-refractivity contribution in [2.45, 2.75) is 6.92 Å². The maximum Gasteiger partial charge on any atom is 0.149 e. The third kappa shape index (κ3) is 1.93. The molecule has 0 saturated carbocycles. The molecule has 0 N–H and O–H groups in total. The van der Waals surface area contributed by atoms with E-state index in [-0.39, 0.29) is 5.82 Å². The molecular formula is C11H10FN3. The first-order valence-electron chi connectivity index (χ1n) is 4.58. The minimum absolute atomic E-state index is 0.309. The summed E-state index contributed by atoms with van der Waals surface area (Å²) in [6.07, 6.45) is 6.55. The van der Waals surface area contributed by atoms with E-state index in [2.05, 4.69) is 10.1 Å². The normalized spacial score (nSPS) is 11.1. The topological polar surface area (TPSA) is 30.7 Å². The van der Waals surface area contributed by atoms with Gasteiger partial charge in [-0.15, -0.1) is 0 Å². The Labute approximate surface area is 86.9 Å². The minimum Gasteiger partial charge on any atom is -0.223 e. The van der Waals surface area contributed by atoms with Crippen molar-refractivity contribution in [1.29, 1.82) is 0 Å². The van der Waals surface area contributed by atoms with Crippen LogP contribution >= 0.6 is 0 Å². The zero-order chi connectivity index (χ0) is 10.7. The molecule has 3 nitrogen and oxygen atoms in total. The molecule has 1 aromatic carbocycles. The van der Waals surface area contributed by atoms with Gasteiger partial charge in [0.2, 0.25) is 0 Å². The maximum absolute atomic E-state index is 13.6. The van der Waals surface area contributed by atoms with E-state index >= 15 is 0 Å². The van der Waals surface area contributed by atoms with Gasteiger partial charge in [-0.25, -0.2) is 14.1 Å². The molecule has 15 heavy (non-hydrogen) atoms. The van der Waals surface area contributed by atoms with Gasteiger partial charge in [0.05, 0.1) is 0 Å². The molecule has 0 bridgehead atoms. The molecule has 0 aliphatic heterocycles. The Kier molecular flexibility index (Phi) is 2.58. The van der Waals surface area contributed by atoms with Crippen LogP contribution in [0.1, 0.15) is 12.5 Å². The molecule has 0 aliphatic carbocycles. The van der Waals surface area contributed by atoms with E-state index in [1.54, 1.807) is 6.07 Å². The third-order valence-electron chi connectivity index (χ3n) is 2.00. The standard InChI is InChI=1S/C11H10FN3/c1-2-3-9-4-5-11(10(12)6-9)15-8-13-7-14-15/h2-8H,1H3/b3-2+. The van der Waals surface area contributed by atoms with Crippen molar-refractivity contribution in [3.63, 3.8) is 0 Å². The fraction of sp³-hybridized carbons (Fsp3) is 0.0909. The van der Waals surface area contributed by atoms with Crippen molar-refractivity contribution in [3.8, 4) is 5.69 Å². The molecule has 2 aromatic rings. The first kappa shape index (κ1) is 9.58. The molecule has 2 rings (SSSR count).